The summed E-state index contributed by atoms with van der Waals surface area (Å²) < 4.78 is 0. The molecule has 1 amide bonds. The third-order valence-electron chi connectivity index (χ3n) is 3.68. The van der Waals surface area contributed by atoms with Crippen molar-refractivity contribution in [2.75, 3.05) is 11.9 Å². The van der Waals surface area contributed by atoms with Crippen LogP contribution in [0.15, 0.2) is 36.7 Å². The summed E-state index contributed by atoms with van der Waals surface area (Å²) in [5.41, 5.74) is 1.67. The molecule has 118 valence electrons. The van der Waals surface area contributed by atoms with Crippen molar-refractivity contribution >= 4 is 24.0 Å². The van der Waals surface area contributed by atoms with Gasteiger partial charge in [-0.3, -0.25) is 4.79 Å². The SMILES string of the molecule is Cl.O=C(CCC1CCCN1)Nc1ccc(-n2nccn2)cc1. The van der Waals surface area contributed by atoms with Crippen molar-refractivity contribution in [3.63, 3.8) is 0 Å². The van der Waals surface area contributed by atoms with Crippen molar-refractivity contribution < 1.29 is 4.79 Å². The van der Waals surface area contributed by atoms with Crippen LogP contribution in [0.3, 0.4) is 0 Å². The highest BCUT2D eigenvalue weighted by Gasteiger charge is 2.15. The lowest BCUT2D eigenvalue weighted by Crippen LogP contribution is -2.23. The van der Waals surface area contributed by atoms with Crippen LogP contribution in [0.25, 0.3) is 5.69 Å². The quantitative estimate of drug-likeness (QED) is 0.885. The summed E-state index contributed by atoms with van der Waals surface area (Å²) in [6.07, 6.45) is 7.12. The number of nitrogens with one attached hydrogen (secondary N) is 2. The molecular weight excluding hydrogens is 302 g/mol. The van der Waals surface area contributed by atoms with E-state index in [0.29, 0.717) is 12.5 Å². The third kappa shape index (κ3) is 4.29. The van der Waals surface area contributed by atoms with Crippen molar-refractivity contribution in [2.45, 2.75) is 31.7 Å². The molecule has 1 fully saturated rings. The molecule has 0 aliphatic carbocycles. The van der Waals surface area contributed by atoms with Crippen LogP contribution >= 0.6 is 12.4 Å². The lowest BCUT2D eigenvalue weighted by atomic mass is 10.1. The first kappa shape index (κ1) is 16.5. The maximum Gasteiger partial charge on any atom is 0.224 e. The van der Waals surface area contributed by atoms with Gasteiger partial charge in [-0.2, -0.15) is 15.0 Å². The minimum atomic E-state index is 0. The zero-order chi connectivity index (χ0) is 14.5. The largest absolute Gasteiger partial charge is 0.326 e. The Labute approximate surface area is 135 Å². The number of carbonyl (C=O) groups is 1. The van der Waals surface area contributed by atoms with Crippen LogP contribution in [-0.2, 0) is 4.79 Å². The monoisotopic (exact) mass is 321 g/mol. The van der Waals surface area contributed by atoms with E-state index in [9.17, 15) is 4.79 Å². The Morgan fingerprint density at radius 1 is 1.27 bits per heavy atom. The van der Waals surface area contributed by atoms with E-state index in [1.807, 2.05) is 24.3 Å². The molecule has 7 heteroatoms. The summed E-state index contributed by atoms with van der Waals surface area (Å²) in [4.78, 5) is 13.5. The summed E-state index contributed by atoms with van der Waals surface area (Å²) in [7, 11) is 0. The molecule has 0 bridgehead atoms. The Morgan fingerprint density at radius 3 is 2.64 bits per heavy atom. The average Bonchev–Trinajstić information content (AvgIpc) is 3.19. The number of rotatable bonds is 5. The highest BCUT2D eigenvalue weighted by Crippen LogP contribution is 2.14. The Kier molecular flexibility index (Phi) is 5.91. The van der Waals surface area contributed by atoms with Gasteiger partial charge in [-0.15, -0.1) is 12.4 Å². The predicted octanol–water partition coefficient (Wildman–Crippen LogP) is 2.16. The molecule has 2 aromatic rings. The predicted molar refractivity (Wildman–Crippen MR) is 87.5 cm³/mol. The topological polar surface area (TPSA) is 71.8 Å². The lowest BCUT2D eigenvalue weighted by Gasteiger charge is -2.10. The third-order valence-corrected chi connectivity index (χ3v) is 3.68. The number of benzene rings is 1. The van der Waals surface area contributed by atoms with Gasteiger partial charge < -0.3 is 10.6 Å². The summed E-state index contributed by atoms with van der Waals surface area (Å²) in [6, 6.07) is 8.00. The molecular formula is C15H20ClN5O. The Bertz CT molecular complexity index is 578. The maximum atomic E-state index is 11.9. The molecule has 2 heterocycles. The molecule has 3 rings (SSSR count). The van der Waals surface area contributed by atoms with Crippen molar-refractivity contribution in [3.8, 4) is 5.69 Å². The molecule has 1 unspecified atom stereocenters. The van der Waals surface area contributed by atoms with Crippen LogP contribution in [0.1, 0.15) is 25.7 Å². The first-order valence-electron chi connectivity index (χ1n) is 7.31. The highest BCUT2D eigenvalue weighted by atomic mass is 35.5. The number of aromatic nitrogens is 3. The zero-order valence-electron chi connectivity index (χ0n) is 12.2. The molecule has 1 atom stereocenters. The Morgan fingerprint density at radius 2 is 2.00 bits per heavy atom. The maximum absolute atomic E-state index is 11.9. The number of nitrogens with zero attached hydrogens (tertiary/aromatic N) is 3. The number of anilines is 1. The number of amides is 1. The second-order valence-corrected chi connectivity index (χ2v) is 5.25. The van der Waals surface area contributed by atoms with E-state index in [1.54, 1.807) is 12.4 Å². The van der Waals surface area contributed by atoms with E-state index >= 15 is 0 Å². The van der Waals surface area contributed by atoms with Crippen LogP contribution in [-0.4, -0.2) is 33.5 Å². The van der Waals surface area contributed by atoms with Crippen LogP contribution in [0, 0.1) is 0 Å². The van der Waals surface area contributed by atoms with Gasteiger partial charge in [0, 0.05) is 18.2 Å². The van der Waals surface area contributed by atoms with Gasteiger partial charge in [0.2, 0.25) is 5.91 Å². The van der Waals surface area contributed by atoms with Gasteiger partial charge in [0.1, 0.15) is 0 Å². The number of carbonyl (C=O) groups excluding carboxylic acids is 1. The first-order chi connectivity index (χ1) is 10.3. The van der Waals surface area contributed by atoms with E-state index in [-0.39, 0.29) is 18.3 Å². The molecule has 0 saturated carbocycles. The summed E-state index contributed by atoms with van der Waals surface area (Å²) >= 11 is 0. The van der Waals surface area contributed by atoms with E-state index in [1.165, 1.54) is 17.6 Å². The molecule has 6 nitrogen and oxygen atoms in total. The van der Waals surface area contributed by atoms with Crippen LogP contribution in [0.5, 0.6) is 0 Å². The molecule has 0 spiro atoms. The standard InChI is InChI=1S/C15H19N5O.ClH/c21-15(8-5-12-2-1-9-16-12)19-13-3-6-14(7-4-13)20-17-10-11-18-20;/h3-4,6-7,10-12,16H,1-2,5,8-9H2,(H,19,21);1H. The number of hydrogen-bond acceptors (Lipinski definition) is 4. The van der Waals surface area contributed by atoms with Crippen molar-refractivity contribution in [1.29, 1.82) is 0 Å². The molecule has 1 aromatic carbocycles. The summed E-state index contributed by atoms with van der Waals surface area (Å²) in [5, 5.41) is 14.4. The van der Waals surface area contributed by atoms with Crippen LogP contribution in [0.4, 0.5) is 5.69 Å². The molecule has 2 N–H and O–H groups in total. The van der Waals surface area contributed by atoms with Gasteiger partial charge in [-0.25, -0.2) is 0 Å². The Hall–Kier alpha value is -1.92. The number of hydrogen-bond donors (Lipinski definition) is 2. The second-order valence-electron chi connectivity index (χ2n) is 5.25. The van der Waals surface area contributed by atoms with Gasteiger partial charge in [-0.05, 0) is 50.1 Å². The van der Waals surface area contributed by atoms with Gasteiger partial charge >= 0.3 is 0 Å². The van der Waals surface area contributed by atoms with E-state index in [0.717, 1.165) is 24.3 Å². The lowest BCUT2D eigenvalue weighted by molar-refractivity contribution is -0.116. The van der Waals surface area contributed by atoms with Crippen LogP contribution in [0.2, 0.25) is 0 Å². The fourth-order valence-electron chi connectivity index (χ4n) is 2.56. The van der Waals surface area contributed by atoms with Crippen molar-refractivity contribution in [3.05, 3.63) is 36.7 Å². The summed E-state index contributed by atoms with van der Waals surface area (Å²) in [5.74, 6) is 0.0636. The summed E-state index contributed by atoms with van der Waals surface area (Å²) in [6.45, 7) is 1.08. The van der Waals surface area contributed by atoms with Crippen molar-refractivity contribution in [1.82, 2.24) is 20.3 Å². The van der Waals surface area contributed by atoms with Gasteiger partial charge in [0.15, 0.2) is 0 Å². The first-order valence-corrected chi connectivity index (χ1v) is 7.31. The molecule has 1 aliphatic heterocycles. The fourth-order valence-corrected chi connectivity index (χ4v) is 2.56. The minimum absolute atomic E-state index is 0. The van der Waals surface area contributed by atoms with E-state index < -0.39 is 0 Å². The second kappa shape index (κ2) is 7.91. The smallest absolute Gasteiger partial charge is 0.224 e. The highest BCUT2D eigenvalue weighted by molar-refractivity contribution is 5.90. The van der Waals surface area contributed by atoms with E-state index in [4.69, 9.17) is 0 Å². The molecule has 1 saturated heterocycles. The zero-order valence-corrected chi connectivity index (χ0v) is 13.1. The molecule has 1 aliphatic rings. The van der Waals surface area contributed by atoms with Crippen LogP contribution < -0.4 is 10.6 Å². The minimum Gasteiger partial charge on any atom is -0.326 e. The fraction of sp³-hybridized carbons (Fsp3) is 0.400. The normalized spacial score (nSPS) is 17.0. The molecule has 22 heavy (non-hydrogen) atoms. The Balaban J connectivity index is 0.00000176. The van der Waals surface area contributed by atoms with Gasteiger partial charge in [-0.1, -0.05) is 0 Å². The molecule has 1 aromatic heterocycles. The van der Waals surface area contributed by atoms with Crippen molar-refractivity contribution in [2.24, 2.45) is 0 Å². The molecule has 0 radical (unpaired) electrons. The number of halogens is 1. The van der Waals surface area contributed by atoms with Gasteiger partial charge in [0.25, 0.3) is 0 Å². The van der Waals surface area contributed by atoms with Gasteiger partial charge in [0.05, 0.1) is 18.1 Å². The average molecular weight is 322 g/mol. The van der Waals surface area contributed by atoms with E-state index in [2.05, 4.69) is 20.8 Å².